The standard InChI is InChI=1S/C23H25BrN4O2/c1-16(2)21(27-22(29)18-6-8-19(24)9-7-18)23(30)25-14-12-17-4-10-20(11-5-17)28-15-3-13-26-28/h3-11,13,15-16,21H,12,14H2,1-2H3,(H,25,30)(H,27,29)/t21-/m1/s1. The third-order valence-electron chi connectivity index (χ3n) is 4.76. The first-order valence-electron chi connectivity index (χ1n) is 9.87. The van der Waals surface area contributed by atoms with E-state index in [4.69, 9.17) is 0 Å². The molecule has 30 heavy (non-hydrogen) atoms. The molecular formula is C23H25BrN4O2. The van der Waals surface area contributed by atoms with Crippen molar-refractivity contribution >= 4 is 27.7 Å². The maximum atomic E-state index is 12.7. The summed E-state index contributed by atoms with van der Waals surface area (Å²) in [7, 11) is 0. The molecule has 0 unspecified atom stereocenters. The molecule has 0 saturated carbocycles. The zero-order chi connectivity index (χ0) is 21.5. The van der Waals surface area contributed by atoms with E-state index >= 15 is 0 Å². The van der Waals surface area contributed by atoms with Gasteiger partial charge >= 0.3 is 0 Å². The third kappa shape index (κ3) is 5.79. The van der Waals surface area contributed by atoms with Gasteiger partial charge in [-0.2, -0.15) is 5.10 Å². The fourth-order valence-corrected chi connectivity index (χ4v) is 3.30. The van der Waals surface area contributed by atoms with E-state index in [9.17, 15) is 9.59 Å². The summed E-state index contributed by atoms with van der Waals surface area (Å²) in [5.74, 6) is -0.466. The number of hydrogen-bond acceptors (Lipinski definition) is 3. The van der Waals surface area contributed by atoms with Gasteiger partial charge in [-0.25, -0.2) is 4.68 Å². The Hall–Kier alpha value is -2.93. The Bertz CT molecular complexity index is 967. The van der Waals surface area contributed by atoms with E-state index in [1.54, 1.807) is 35.1 Å². The Morgan fingerprint density at radius 3 is 2.37 bits per heavy atom. The van der Waals surface area contributed by atoms with E-state index in [0.29, 0.717) is 18.5 Å². The molecule has 0 aliphatic heterocycles. The molecule has 3 aromatic rings. The maximum Gasteiger partial charge on any atom is 0.251 e. The fraction of sp³-hybridized carbons (Fsp3) is 0.261. The highest BCUT2D eigenvalue weighted by atomic mass is 79.9. The van der Waals surface area contributed by atoms with Crippen molar-refractivity contribution in [2.45, 2.75) is 26.3 Å². The summed E-state index contributed by atoms with van der Waals surface area (Å²) in [5, 5.41) is 10.00. The lowest BCUT2D eigenvalue weighted by Gasteiger charge is -2.22. The normalized spacial score (nSPS) is 11.9. The molecular weight excluding hydrogens is 444 g/mol. The molecule has 0 spiro atoms. The molecule has 0 aliphatic rings. The predicted molar refractivity (Wildman–Crippen MR) is 121 cm³/mol. The topological polar surface area (TPSA) is 76.0 Å². The first-order valence-corrected chi connectivity index (χ1v) is 10.7. The molecule has 1 aromatic heterocycles. The van der Waals surface area contributed by atoms with Gasteiger partial charge in [-0.1, -0.05) is 41.9 Å². The summed E-state index contributed by atoms with van der Waals surface area (Å²) in [6.45, 7) is 4.33. The Labute approximate surface area is 184 Å². The summed E-state index contributed by atoms with van der Waals surface area (Å²) in [6, 6.07) is 16.4. The summed E-state index contributed by atoms with van der Waals surface area (Å²) in [5.41, 5.74) is 2.63. The smallest absolute Gasteiger partial charge is 0.251 e. The lowest BCUT2D eigenvalue weighted by molar-refractivity contribution is -0.123. The largest absolute Gasteiger partial charge is 0.354 e. The predicted octanol–water partition coefficient (Wildman–Crippen LogP) is 3.75. The zero-order valence-electron chi connectivity index (χ0n) is 17.0. The zero-order valence-corrected chi connectivity index (χ0v) is 18.6. The molecule has 1 heterocycles. The van der Waals surface area contributed by atoms with Crippen LogP contribution in [0.25, 0.3) is 5.69 Å². The number of benzene rings is 2. The summed E-state index contributed by atoms with van der Waals surface area (Å²) >= 11 is 3.35. The van der Waals surface area contributed by atoms with Crippen LogP contribution in [0.3, 0.4) is 0 Å². The Morgan fingerprint density at radius 1 is 1.07 bits per heavy atom. The monoisotopic (exact) mass is 468 g/mol. The molecule has 3 rings (SSSR count). The van der Waals surface area contributed by atoms with Crippen molar-refractivity contribution < 1.29 is 9.59 Å². The van der Waals surface area contributed by atoms with Gasteiger partial charge in [0.05, 0.1) is 5.69 Å². The van der Waals surface area contributed by atoms with Crippen molar-refractivity contribution in [2.24, 2.45) is 5.92 Å². The van der Waals surface area contributed by atoms with Crippen LogP contribution in [-0.2, 0) is 11.2 Å². The maximum absolute atomic E-state index is 12.7. The first kappa shape index (κ1) is 21.8. The summed E-state index contributed by atoms with van der Waals surface area (Å²) in [4.78, 5) is 25.1. The van der Waals surface area contributed by atoms with Crippen LogP contribution in [0.5, 0.6) is 0 Å². The first-order chi connectivity index (χ1) is 14.4. The highest BCUT2D eigenvalue weighted by molar-refractivity contribution is 9.10. The highest BCUT2D eigenvalue weighted by Crippen LogP contribution is 2.12. The molecule has 0 saturated heterocycles. The minimum absolute atomic E-state index is 0.0299. The van der Waals surface area contributed by atoms with E-state index in [1.807, 2.05) is 50.4 Å². The van der Waals surface area contributed by atoms with Crippen LogP contribution < -0.4 is 10.6 Å². The van der Waals surface area contributed by atoms with Gasteiger partial charge in [0.1, 0.15) is 6.04 Å². The average Bonchev–Trinajstić information content (AvgIpc) is 3.27. The van der Waals surface area contributed by atoms with Crippen LogP contribution in [-0.4, -0.2) is 34.2 Å². The van der Waals surface area contributed by atoms with Crippen molar-refractivity contribution in [1.29, 1.82) is 0 Å². The van der Waals surface area contributed by atoms with E-state index in [2.05, 4.69) is 31.7 Å². The number of nitrogens with zero attached hydrogens (tertiary/aromatic N) is 2. The minimum atomic E-state index is -0.594. The molecule has 0 fully saturated rings. The fourth-order valence-electron chi connectivity index (χ4n) is 3.04. The number of rotatable bonds is 8. The van der Waals surface area contributed by atoms with Gasteiger partial charge in [-0.3, -0.25) is 9.59 Å². The van der Waals surface area contributed by atoms with Gasteiger partial charge in [0, 0.05) is 29.0 Å². The third-order valence-corrected chi connectivity index (χ3v) is 5.29. The Morgan fingerprint density at radius 2 is 1.77 bits per heavy atom. The van der Waals surface area contributed by atoms with Crippen LogP contribution in [0.15, 0.2) is 71.5 Å². The quantitative estimate of drug-likeness (QED) is 0.528. The van der Waals surface area contributed by atoms with Crippen molar-refractivity contribution in [3.05, 3.63) is 82.6 Å². The molecule has 1 atom stereocenters. The molecule has 2 amide bonds. The molecule has 0 aliphatic carbocycles. The lowest BCUT2D eigenvalue weighted by Crippen LogP contribution is -2.50. The van der Waals surface area contributed by atoms with Crippen molar-refractivity contribution in [2.75, 3.05) is 6.54 Å². The highest BCUT2D eigenvalue weighted by Gasteiger charge is 2.24. The van der Waals surface area contributed by atoms with Gasteiger partial charge in [-0.15, -0.1) is 0 Å². The molecule has 156 valence electrons. The van der Waals surface area contributed by atoms with Gasteiger partial charge in [0.15, 0.2) is 0 Å². The minimum Gasteiger partial charge on any atom is -0.354 e. The number of nitrogens with one attached hydrogen (secondary N) is 2. The van der Waals surface area contributed by atoms with Crippen molar-refractivity contribution in [3.8, 4) is 5.69 Å². The van der Waals surface area contributed by atoms with E-state index in [0.717, 1.165) is 15.7 Å². The molecule has 2 aromatic carbocycles. The van der Waals surface area contributed by atoms with Crippen molar-refractivity contribution in [3.63, 3.8) is 0 Å². The number of carbonyl (C=O) groups is 2. The SMILES string of the molecule is CC(C)[C@@H](NC(=O)c1ccc(Br)cc1)C(=O)NCCc1ccc(-n2cccn2)cc1. The Kier molecular flexibility index (Phi) is 7.41. The van der Waals surface area contributed by atoms with Gasteiger partial charge in [0.2, 0.25) is 5.91 Å². The number of amides is 2. The van der Waals surface area contributed by atoms with Crippen LogP contribution >= 0.6 is 15.9 Å². The van der Waals surface area contributed by atoms with Crippen molar-refractivity contribution in [1.82, 2.24) is 20.4 Å². The molecule has 7 heteroatoms. The van der Waals surface area contributed by atoms with Crippen LogP contribution in [0.2, 0.25) is 0 Å². The van der Waals surface area contributed by atoms with E-state index in [1.165, 1.54) is 0 Å². The Balaban J connectivity index is 1.52. The lowest BCUT2D eigenvalue weighted by atomic mass is 10.0. The molecule has 0 bridgehead atoms. The number of halogens is 1. The van der Waals surface area contributed by atoms with Gasteiger partial charge < -0.3 is 10.6 Å². The van der Waals surface area contributed by atoms with Crippen LogP contribution in [0.1, 0.15) is 29.8 Å². The molecule has 2 N–H and O–H groups in total. The second kappa shape index (κ2) is 10.2. The van der Waals surface area contributed by atoms with Gasteiger partial charge in [-0.05, 0) is 60.4 Å². The summed E-state index contributed by atoms with van der Waals surface area (Å²) in [6.07, 6.45) is 4.34. The van der Waals surface area contributed by atoms with E-state index < -0.39 is 6.04 Å². The number of aromatic nitrogens is 2. The van der Waals surface area contributed by atoms with Crippen LogP contribution in [0, 0.1) is 5.92 Å². The van der Waals surface area contributed by atoms with Crippen LogP contribution in [0.4, 0.5) is 0 Å². The second-order valence-corrected chi connectivity index (χ2v) is 8.28. The second-order valence-electron chi connectivity index (χ2n) is 7.36. The number of hydrogen-bond donors (Lipinski definition) is 2. The summed E-state index contributed by atoms with van der Waals surface area (Å²) < 4.78 is 2.70. The number of carbonyl (C=O) groups excluding carboxylic acids is 2. The van der Waals surface area contributed by atoms with E-state index in [-0.39, 0.29) is 17.7 Å². The molecule has 0 radical (unpaired) electrons. The molecule has 6 nitrogen and oxygen atoms in total. The average molecular weight is 469 g/mol. The van der Waals surface area contributed by atoms with Gasteiger partial charge in [0.25, 0.3) is 5.91 Å².